The quantitative estimate of drug-likeness (QED) is 0.850. The molecule has 4 heteroatoms. The van der Waals surface area contributed by atoms with E-state index in [9.17, 15) is 0 Å². The molecule has 112 valence electrons. The van der Waals surface area contributed by atoms with Crippen molar-refractivity contribution in [3.8, 4) is 0 Å². The highest BCUT2D eigenvalue weighted by Crippen LogP contribution is 2.35. The maximum absolute atomic E-state index is 5.59. The Morgan fingerprint density at radius 1 is 1.19 bits per heavy atom. The van der Waals surface area contributed by atoms with Crippen LogP contribution in [0.15, 0.2) is 46.3 Å². The standard InChI is InChI=1S/C17H20BrNOS/c18-15-4-1-3-14(11-15)17(6-8-20-9-7-17)13-19-12-16-5-2-10-21-16/h1-5,10-11,19H,6-9,12-13H2. The number of ether oxygens (including phenoxy) is 1. The molecule has 0 unspecified atom stereocenters. The van der Waals surface area contributed by atoms with Gasteiger partial charge in [0.05, 0.1) is 0 Å². The van der Waals surface area contributed by atoms with Gasteiger partial charge in [-0.2, -0.15) is 0 Å². The molecule has 0 radical (unpaired) electrons. The molecular weight excluding hydrogens is 346 g/mol. The number of thiophene rings is 1. The summed E-state index contributed by atoms with van der Waals surface area (Å²) in [6.45, 7) is 3.67. The van der Waals surface area contributed by atoms with Crippen LogP contribution in [0.4, 0.5) is 0 Å². The Bertz CT molecular complexity index is 564. The fraction of sp³-hybridized carbons (Fsp3) is 0.412. The summed E-state index contributed by atoms with van der Waals surface area (Å²) in [6, 6.07) is 13.0. The van der Waals surface area contributed by atoms with Gasteiger partial charge in [-0.15, -0.1) is 11.3 Å². The second kappa shape index (κ2) is 7.05. The first-order valence-electron chi connectivity index (χ1n) is 7.35. The lowest BCUT2D eigenvalue weighted by Gasteiger charge is -2.38. The molecule has 0 bridgehead atoms. The molecule has 0 atom stereocenters. The summed E-state index contributed by atoms with van der Waals surface area (Å²) >= 11 is 5.41. The van der Waals surface area contributed by atoms with E-state index >= 15 is 0 Å². The molecule has 2 nitrogen and oxygen atoms in total. The van der Waals surface area contributed by atoms with Crippen LogP contribution < -0.4 is 5.32 Å². The van der Waals surface area contributed by atoms with E-state index in [1.807, 2.05) is 11.3 Å². The number of rotatable bonds is 5. The van der Waals surface area contributed by atoms with Crippen molar-refractivity contribution in [2.24, 2.45) is 0 Å². The minimum Gasteiger partial charge on any atom is -0.381 e. The van der Waals surface area contributed by atoms with E-state index < -0.39 is 0 Å². The monoisotopic (exact) mass is 365 g/mol. The summed E-state index contributed by atoms with van der Waals surface area (Å²) in [5.41, 5.74) is 1.61. The summed E-state index contributed by atoms with van der Waals surface area (Å²) in [7, 11) is 0. The van der Waals surface area contributed by atoms with Gasteiger partial charge in [0.1, 0.15) is 0 Å². The Kier molecular flexibility index (Phi) is 5.11. The second-order valence-corrected chi connectivity index (χ2v) is 7.53. The Labute approximate surface area is 138 Å². The highest BCUT2D eigenvalue weighted by atomic mass is 79.9. The Morgan fingerprint density at radius 2 is 2.05 bits per heavy atom. The Balaban J connectivity index is 1.73. The summed E-state index contributed by atoms with van der Waals surface area (Å²) in [5, 5.41) is 5.79. The molecule has 1 aliphatic rings. The van der Waals surface area contributed by atoms with Crippen molar-refractivity contribution in [2.75, 3.05) is 19.8 Å². The zero-order valence-electron chi connectivity index (χ0n) is 12.0. The van der Waals surface area contributed by atoms with Crippen LogP contribution in [0, 0.1) is 0 Å². The minimum atomic E-state index is 0.194. The maximum atomic E-state index is 5.59. The third-order valence-corrected chi connectivity index (χ3v) is 5.60. The lowest BCUT2D eigenvalue weighted by atomic mass is 9.74. The SMILES string of the molecule is Brc1cccc(C2(CNCc3cccs3)CCOCC2)c1. The minimum absolute atomic E-state index is 0.194. The van der Waals surface area contributed by atoms with Crippen LogP contribution in [0.25, 0.3) is 0 Å². The van der Waals surface area contributed by atoms with E-state index in [-0.39, 0.29) is 5.41 Å². The number of benzene rings is 1. The van der Waals surface area contributed by atoms with Gasteiger partial charge >= 0.3 is 0 Å². The summed E-state index contributed by atoms with van der Waals surface area (Å²) < 4.78 is 6.75. The highest BCUT2D eigenvalue weighted by Gasteiger charge is 2.34. The van der Waals surface area contributed by atoms with E-state index in [0.29, 0.717) is 0 Å². The topological polar surface area (TPSA) is 21.3 Å². The van der Waals surface area contributed by atoms with Crippen molar-refractivity contribution in [2.45, 2.75) is 24.8 Å². The van der Waals surface area contributed by atoms with Crippen LogP contribution in [0.5, 0.6) is 0 Å². The van der Waals surface area contributed by atoms with E-state index in [1.165, 1.54) is 10.4 Å². The molecule has 1 fully saturated rings. The molecule has 0 aliphatic carbocycles. The summed E-state index contributed by atoms with van der Waals surface area (Å²) in [6.07, 6.45) is 2.17. The summed E-state index contributed by atoms with van der Waals surface area (Å²) in [5.74, 6) is 0. The van der Waals surface area contributed by atoms with Crippen molar-refractivity contribution in [1.82, 2.24) is 5.32 Å². The van der Waals surface area contributed by atoms with E-state index in [2.05, 4.69) is 63.0 Å². The van der Waals surface area contributed by atoms with Crippen molar-refractivity contribution < 1.29 is 4.74 Å². The fourth-order valence-electron chi connectivity index (χ4n) is 2.99. The number of nitrogens with one attached hydrogen (secondary N) is 1. The second-order valence-electron chi connectivity index (χ2n) is 5.59. The molecule has 0 spiro atoms. The lowest BCUT2D eigenvalue weighted by Crippen LogP contribution is -2.42. The molecule has 1 aromatic heterocycles. The molecule has 2 aromatic rings. The van der Waals surface area contributed by atoms with Crippen LogP contribution in [0.3, 0.4) is 0 Å². The molecule has 3 rings (SSSR count). The number of halogens is 1. The van der Waals surface area contributed by atoms with Gasteiger partial charge in [0.15, 0.2) is 0 Å². The third-order valence-electron chi connectivity index (χ3n) is 4.23. The molecule has 21 heavy (non-hydrogen) atoms. The zero-order valence-corrected chi connectivity index (χ0v) is 14.4. The molecule has 0 saturated carbocycles. The molecule has 1 aromatic carbocycles. The van der Waals surface area contributed by atoms with E-state index in [0.717, 1.165) is 43.6 Å². The van der Waals surface area contributed by atoms with Gasteiger partial charge in [-0.05, 0) is 42.0 Å². The molecule has 0 amide bonds. The third kappa shape index (κ3) is 3.75. The van der Waals surface area contributed by atoms with Gasteiger partial charge in [-0.3, -0.25) is 0 Å². The molecule has 2 heterocycles. The van der Waals surface area contributed by atoms with Crippen molar-refractivity contribution in [3.63, 3.8) is 0 Å². The van der Waals surface area contributed by atoms with Gasteiger partial charge in [0, 0.05) is 41.1 Å². The van der Waals surface area contributed by atoms with Gasteiger partial charge in [0.25, 0.3) is 0 Å². The predicted molar refractivity (Wildman–Crippen MR) is 91.9 cm³/mol. The summed E-state index contributed by atoms with van der Waals surface area (Å²) in [4.78, 5) is 1.39. The predicted octanol–water partition coefficient (Wildman–Crippen LogP) is 4.35. The van der Waals surface area contributed by atoms with Crippen molar-refractivity contribution >= 4 is 27.3 Å². The zero-order chi connectivity index (χ0) is 14.5. The normalized spacial score (nSPS) is 17.8. The van der Waals surface area contributed by atoms with Gasteiger partial charge in [-0.25, -0.2) is 0 Å². The van der Waals surface area contributed by atoms with Crippen LogP contribution in [0.1, 0.15) is 23.3 Å². The Hall–Kier alpha value is -0.680. The number of hydrogen-bond donors (Lipinski definition) is 1. The van der Waals surface area contributed by atoms with Gasteiger partial charge in [-0.1, -0.05) is 34.1 Å². The van der Waals surface area contributed by atoms with Gasteiger partial charge < -0.3 is 10.1 Å². The molecule has 1 aliphatic heterocycles. The van der Waals surface area contributed by atoms with Crippen LogP contribution >= 0.6 is 27.3 Å². The highest BCUT2D eigenvalue weighted by molar-refractivity contribution is 9.10. The maximum Gasteiger partial charge on any atom is 0.0475 e. The first-order chi connectivity index (χ1) is 10.3. The molecule has 1 saturated heterocycles. The molecule has 1 N–H and O–H groups in total. The van der Waals surface area contributed by atoms with Gasteiger partial charge in [0.2, 0.25) is 0 Å². The average Bonchev–Trinajstić information content (AvgIpc) is 3.02. The van der Waals surface area contributed by atoms with Crippen LogP contribution in [0.2, 0.25) is 0 Å². The van der Waals surface area contributed by atoms with E-state index in [4.69, 9.17) is 4.74 Å². The lowest BCUT2D eigenvalue weighted by molar-refractivity contribution is 0.0498. The number of hydrogen-bond acceptors (Lipinski definition) is 3. The Morgan fingerprint density at radius 3 is 2.76 bits per heavy atom. The average molecular weight is 366 g/mol. The van der Waals surface area contributed by atoms with Crippen LogP contribution in [-0.2, 0) is 16.7 Å². The smallest absolute Gasteiger partial charge is 0.0475 e. The van der Waals surface area contributed by atoms with E-state index in [1.54, 1.807) is 0 Å². The fourth-order valence-corrected chi connectivity index (χ4v) is 4.06. The van der Waals surface area contributed by atoms with Crippen molar-refractivity contribution in [3.05, 3.63) is 56.7 Å². The van der Waals surface area contributed by atoms with Crippen molar-refractivity contribution in [1.29, 1.82) is 0 Å². The first-order valence-corrected chi connectivity index (χ1v) is 9.03. The van der Waals surface area contributed by atoms with Crippen LogP contribution in [-0.4, -0.2) is 19.8 Å². The molecular formula is C17H20BrNOS. The first kappa shape index (κ1) is 15.2. The largest absolute Gasteiger partial charge is 0.381 e.